The van der Waals surface area contributed by atoms with Crippen LogP contribution < -0.4 is 9.04 Å². The first-order valence-electron chi connectivity index (χ1n) is 12.5. The molecule has 0 fully saturated rings. The molecule has 1 atom stereocenters. The Hall–Kier alpha value is -3.17. The second-order valence-corrected chi connectivity index (χ2v) is 12.5. The third-order valence-corrected chi connectivity index (χ3v) is 8.27. The van der Waals surface area contributed by atoms with Gasteiger partial charge in [-0.15, -0.1) is 0 Å². The van der Waals surface area contributed by atoms with Crippen molar-refractivity contribution in [2.45, 2.75) is 45.1 Å². The summed E-state index contributed by atoms with van der Waals surface area (Å²) in [6, 6.07) is 13.9. The maximum atomic E-state index is 15.0. The van der Waals surface area contributed by atoms with E-state index in [1.807, 2.05) is 20.8 Å². The average Bonchev–Trinajstić information content (AvgIpc) is 2.88. The van der Waals surface area contributed by atoms with Crippen LogP contribution in [-0.2, 0) is 14.8 Å². The molecule has 10 heteroatoms. The standard InChI is InChI=1S/C29H33ClF2N2O4S/c1-20(24-9-6-7-10-27(24)38-18-8-17-33(5)28(35)29(2,3)4)34(26-19-22(31)13-16-25(26)32)39(36,37)23-14-11-21(30)12-15-23/h6-7,9-16,19-20H,8,17-18H2,1-5H3. The average molecular weight is 579 g/mol. The van der Waals surface area contributed by atoms with Gasteiger partial charge in [-0.1, -0.05) is 50.6 Å². The second-order valence-electron chi connectivity index (χ2n) is 10.2. The molecular weight excluding hydrogens is 546 g/mol. The molecule has 3 rings (SSSR count). The van der Waals surface area contributed by atoms with Crippen molar-refractivity contribution in [1.29, 1.82) is 0 Å². The number of hydrogen-bond donors (Lipinski definition) is 0. The molecule has 0 aromatic heterocycles. The number of carbonyl (C=O) groups excluding carboxylic acids is 1. The zero-order valence-corrected chi connectivity index (χ0v) is 24.2. The fourth-order valence-corrected chi connectivity index (χ4v) is 5.92. The number of ether oxygens (including phenoxy) is 1. The summed E-state index contributed by atoms with van der Waals surface area (Å²) in [4.78, 5) is 13.9. The third-order valence-electron chi connectivity index (χ3n) is 6.12. The summed E-state index contributed by atoms with van der Waals surface area (Å²) < 4.78 is 63.8. The van der Waals surface area contributed by atoms with Gasteiger partial charge in [-0.3, -0.25) is 9.10 Å². The van der Waals surface area contributed by atoms with Crippen molar-refractivity contribution in [1.82, 2.24) is 4.90 Å². The van der Waals surface area contributed by atoms with Crippen LogP contribution in [0.5, 0.6) is 5.75 Å². The number of para-hydroxylation sites is 1. The molecule has 0 aliphatic heterocycles. The van der Waals surface area contributed by atoms with E-state index in [2.05, 4.69) is 0 Å². The van der Waals surface area contributed by atoms with Crippen molar-refractivity contribution in [2.75, 3.05) is 24.5 Å². The molecule has 210 valence electrons. The number of anilines is 1. The highest BCUT2D eigenvalue weighted by molar-refractivity contribution is 7.92. The SMILES string of the molecule is CC(c1ccccc1OCCCN(C)C(=O)C(C)(C)C)N(c1cc(F)ccc1F)S(=O)(=O)c1ccc(Cl)cc1. The summed E-state index contributed by atoms with van der Waals surface area (Å²) in [6.07, 6.45) is 0.534. The van der Waals surface area contributed by atoms with Gasteiger partial charge < -0.3 is 9.64 Å². The van der Waals surface area contributed by atoms with E-state index in [9.17, 15) is 17.6 Å². The van der Waals surface area contributed by atoms with E-state index in [4.69, 9.17) is 16.3 Å². The largest absolute Gasteiger partial charge is 0.493 e. The highest BCUT2D eigenvalue weighted by atomic mass is 35.5. The van der Waals surface area contributed by atoms with Gasteiger partial charge in [0.25, 0.3) is 10.0 Å². The fraction of sp³-hybridized carbons (Fsp3) is 0.345. The number of sulfonamides is 1. The molecule has 3 aromatic carbocycles. The van der Waals surface area contributed by atoms with Crippen molar-refractivity contribution in [2.24, 2.45) is 5.41 Å². The normalized spacial score (nSPS) is 12.6. The Labute approximate surface area is 234 Å². The minimum Gasteiger partial charge on any atom is -0.493 e. The molecule has 0 bridgehead atoms. The number of carbonyl (C=O) groups is 1. The topological polar surface area (TPSA) is 66.9 Å². The monoisotopic (exact) mass is 578 g/mol. The Kier molecular flexibility index (Phi) is 9.61. The maximum absolute atomic E-state index is 15.0. The molecule has 0 saturated heterocycles. The third kappa shape index (κ3) is 7.28. The molecule has 0 heterocycles. The summed E-state index contributed by atoms with van der Waals surface area (Å²) in [6.45, 7) is 7.86. The Morgan fingerprint density at radius 1 is 1.03 bits per heavy atom. The number of rotatable bonds is 10. The van der Waals surface area contributed by atoms with E-state index in [-0.39, 0.29) is 17.4 Å². The Morgan fingerprint density at radius 2 is 1.67 bits per heavy atom. The van der Waals surface area contributed by atoms with E-state index < -0.39 is 38.8 Å². The van der Waals surface area contributed by atoms with Crippen molar-refractivity contribution >= 4 is 33.2 Å². The van der Waals surface area contributed by atoms with Gasteiger partial charge in [-0.05, 0) is 55.8 Å². The first-order valence-corrected chi connectivity index (χ1v) is 14.3. The first-order chi connectivity index (χ1) is 18.2. The number of nitrogens with zero attached hydrogens (tertiary/aromatic N) is 2. The van der Waals surface area contributed by atoms with E-state index >= 15 is 4.39 Å². The van der Waals surface area contributed by atoms with Crippen molar-refractivity contribution < 1.29 is 26.7 Å². The van der Waals surface area contributed by atoms with Gasteiger partial charge in [0.1, 0.15) is 17.4 Å². The summed E-state index contributed by atoms with van der Waals surface area (Å²) in [5.41, 5.74) is -0.476. The van der Waals surface area contributed by atoms with Gasteiger partial charge in [-0.25, -0.2) is 17.2 Å². The van der Waals surface area contributed by atoms with Gasteiger partial charge in [0.2, 0.25) is 5.91 Å². The fourth-order valence-electron chi connectivity index (χ4n) is 4.16. The molecule has 3 aromatic rings. The first kappa shape index (κ1) is 30.4. The van der Waals surface area contributed by atoms with Crippen LogP contribution in [0.25, 0.3) is 0 Å². The van der Waals surface area contributed by atoms with Crippen LogP contribution in [-0.4, -0.2) is 39.4 Å². The molecule has 1 unspecified atom stereocenters. The van der Waals surface area contributed by atoms with Crippen molar-refractivity contribution in [3.05, 3.63) is 89.0 Å². The molecule has 1 amide bonds. The number of benzene rings is 3. The zero-order valence-electron chi connectivity index (χ0n) is 22.6. The molecular formula is C29H33ClF2N2O4S. The van der Waals surface area contributed by atoms with Gasteiger partial charge >= 0.3 is 0 Å². The minimum absolute atomic E-state index is 0.0108. The predicted octanol–water partition coefficient (Wildman–Crippen LogP) is 6.85. The van der Waals surface area contributed by atoms with E-state index in [1.54, 1.807) is 43.1 Å². The molecule has 0 N–H and O–H groups in total. The lowest BCUT2D eigenvalue weighted by molar-refractivity contribution is -0.138. The lowest BCUT2D eigenvalue weighted by Gasteiger charge is -2.32. The van der Waals surface area contributed by atoms with E-state index in [1.165, 1.54) is 24.3 Å². The molecule has 0 spiro atoms. The molecule has 6 nitrogen and oxygen atoms in total. The number of halogens is 3. The minimum atomic E-state index is -4.37. The lowest BCUT2D eigenvalue weighted by atomic mass is 9.95. The quantitative estimate of drug-likeness (QED) is 0.247. The number of amides is 1. The van der Waals surface area contributed by atoms with Crippen LogP contribution in [0.3, 0.4) is 0 Å². The van der Waals surface area contributed by atoms with Crippen LogP contribution in [0, 0.1) is 17.0 Å². The molecule has 0 aliphatic rings. The number of hydrogen-bond acceptors (Lipinski definition) is 4. The van der Waals surface area contributed by atoms with Crippen LogP contribution in [0.15, 0.2) is 71.6 Å². The summed E-state index contributed by atoms with van der Waals surface area (Å²) in [7, 11) is -2.63. The Morgan fingerprint density at radius 3 is 2.31 bits per heavy atom. The molecule has 0 aliphatic carbocycles. The summed E-state index contributed by atoms with van der Waals surface area (Å²) >= 11 is 5.95. The lowest BCUT2D eigenvalue weighted by Crippen LogP contribution is -2.37. The van der Waals surface area contributed by atoms with Crippen LogP contribution in [0.4, 0.5) is 14.5 Å². The van der Waals surface area contributed by atoms with Crippen LogP contribution in [0.2, 0.25) is 5.02 Å². The Balaban J connectivity index is 1.93. The van der Waals surface area contributed by atoms with Crippen LogP contribution in [0.1, 0.15) is 45.7 Å². The second kappa shape index (κ2) is 12.3. The summed E-state index contributed by atoms with van der Waals surface area (Å²) in [5.74, 6) is -1.28. The van der Waals surface area contributed by atoms with Crippen LogP contribution >= 0.6 is 11.6 Å². The van der Waals surface area contributed by atoms with Gasteiger partial charge in [0, 0.05) is 35.7 Å². The van der Waals surface area contributed by atoms with Crippen molar-refractivity contribution in [3.63, 3.8) is 0 Å². The summed E-state index contributed by atoms with van der Waals surface area (Å²) in [5, 5.41) is 0.332. The van der Waals surface area contributed by atoms with E-state index in [0.717, 1.165) is 22.5 Å². The van der Waals surface area contributed by atoms with E-state index in [0.29, 0.717) is 29.3 Å². The highest BCUT2D eigenvalue weighted by Crippen LogP contribution is 2.38. The molecule has 0 saturated carbocycles. The highest BCUT2D eigenvalue weighted by Gasteiger charge is 2.34. The van der Waals surface area contributed by atoms with Gasteiger partial charge in [0.15, 0.2) is 0 Å². The van der Waals surface area contributed by atoms with Crippen molar-refractivity contribution in [3.8, 4) is 5.75 Å². The Bertz CT molecular complexity index is 1410. The maximum Gasteiger partial charge on any atom is 0.264 e. The molecule has 0 radical (unpaired) electrons. The smallest absolute Gasteiger partial charge is 0.264 e. The molecule has 39 heavy (non-hydrogen) atoms. The predicted molar refractivity (Wildman–Crippen MR) is 150 cm³/mol. The zero-order chi connectivity index (χ0) is 29.0. The van der Waals surface area contributed by atoms with Gasteiger partial charge in [0.05, 0.1) is 23.2 Å². The van der Waals surface area contributed by atoms with Gasteiger partial charge in [-0.2, -0.15) is 0 Å².